The highest BCUT2D eigenvalue weighted by Gasteiger charge is 2.37. The summed E-state index contributed by atoms with van der Waals surface area (Å²) in [5, 5.41) is 10.2. The van der Waals surface area contributed by atoms with Crippen molar-refractivity contribution < 1.29 is 9.50 Å². The molecule has 1 aromatic heterocycles. The summed E-state index contributed by atoms with van der Waals surface area (Å²) in [5.74, 6) is -0.131. The molecule has 1 saturated carbocycles. The third kappa shape index (κ3) is 1.52. The molecule has 1 atom stereocenters. The minimum Gasteiger partial charge on any atom is -0.385 e. The zero-order chi connectivity index (χ0) is 10.2. The van der Waals surface area contributed by atoms with Gasteiger partial charge in [-0.1, -0.05) is 6.42 Å². The molecule has 0 bridgehead atoms. The lowest BCUT2D eigenvalue weighted by atomic mass is 9.71. The fourth-order valence-corrected chi connectivity index (χ4v) is 1.89. The highest BCUT2D eigenvalue weighted by atomic mass is 19.1. The summed E-state index contributed by atoms with van der Waals surface area (Å²) < 4.78 is 12.9. The third-order valence-electron chi connectivity index (χ3n) is 3.19. The van der Waals surface area contributed by atoms with Crippen LogP contribution in [0.1, 0.15) is 31.7 Å². The topological polar surface area (TPSA) is 33.1 Å². The summed E-state index contributed by atoms with van der Waals surface area (Å²) in [6.07, 6.45) is 5.89. The molecule has 3 heteroatoms. The SMILES string of the molecule is CC(O)(c1cncc(F)c1)C1CCC1. The van der Waals surface area contributed by atoms with Gasteiger partial charge in [-0.25, -0.2) is 4.39 Å². The summed E-state index contributed by atoms with van der Waals surface area (Å²) in [7, 11) is 0. The Morgan fingerprint density at radius 1 is 1.50 bits per heavy atom. The number of halogens is 1. The zero-order valence-corrected chi connectivity index (χ0v) is 8.20. The summed E-state index contributed by atoms with van der Waals surface area (Å²) >= 11 is 0. The van der Waals surface area contributed by atoms with E-state index < -0.39 is 5.60 Å². The molecule has 0 amide bonds. The molecule has 0 spiro atoms. The maximum Gasteiger partial charge on any atom is 0.141 e. The molecule has 1 fully saturated rings. The van der Waals surface area contributed by atoms with Gasteiger partial charge in [0.05, 0.1) is 11.8 Å². The molecule has 0 radical (unpaired) electrons. The summed E-state index contributed by atoms with van der Waals surface area (Å²) in [4.78, 5) is 3.76. The van der Waals surface area contributed by atoms with E-state index in [1.54, 1.807) is 13.1 Å². The van der Waals surface area contributed by atoms with Gasteiger partial charge in [-0.3, -0.25) is 4.98 Å². The second-order valence-electron chi connectivity index (χ2n) is 4.17. The van der Waals surface area contributed by atoms with E-state index in [9.17, 15) is 9.50 Å². The third-order valence-corrected chi connectivity index (χ3v) is 3.19. The van der Waals surface area contributed by atoms with E-state index in [1.807, 2.05) is 0 Å². The fourth-order valence-electron chi connectivity index (χ4n) is 1.89. The van der Waals surface area contributed by atoms with Gasteiger partial charge < -0.3 is 5.11 Å². The van der Waals surface area contributed by atoms with Crippen molar-refractivity contribution in [2.24, 2.45) is 5.92 Å². The Morgan fingerprint density at radius 2 is 2.21 bits per heavy atom. The van der Waals surface area contributed by atoms with Gasteiger partial charge in [-0.2, -0.15) is 0 Å². The van der Waals surface area contributed by atoms with Crippen LogP contribution < -0.4 is 0 Å². The zero-order valence-electron chi connectivity index (χ0n) is 8.20. The van der Waals surface area contributed by atoms with Gasteiger partial charge in [0.2, 0.25) is 0 Å². The molecule has 0 saturated heterocycles. The molecular formula is C11H14FNO. The van der Waals surface area contributed by atoms with Crippen molar-refractivity contribution in [1.82, 2.24) is 4.98 Å². The average Bonchev–Trinajstić information content (AvgIpc) is 2.00. The molecular weight excluding hydrogens is 181 g/mol. The van der Waals surface area contributed by atoms with Crippen molar-refractivity contribution in [1.29, 1.82) is 0 Å². The number of hydrogen-bond donors (Lipinski definition) is 1. The van der Waals surface area contributed by atoms with Crippen LogP contribution in [-0.4, -0.2) is 10.1 Å². The molecule has 1 aliphatic carbocycles. The highest BCUT2D eigenvalue weighted by Crippen LogP contribution is 2.41. The fraction of sp³-hybridized carbons (Fsp3) is 0.545. The van der Waals surface area contributed by atoms with Gasteiger partial charge in [0.15, 0.2) is 0 Å². The molecule has 2 nitrogen and oxygen atoms in total. The van der Waals surface area contributed by atoms with E-state index in [4.69, 9.17) is 0 Å². The summed E-state index contributed by atoms with van der Waals surface area (Å²) in [5.41, 5.74) is -0.338. The normalized spacial score (nSPS) is 21.4. The Morgan fingerprint density at radius 3 is 2.71 bits per heavy atom. The van der Waals surface area contributed by atoms with Crippen molar-refractivity contribution in [2.45, 2.75) is 31.8 Å². The predicted molar refractivity (Wildman–Crippen MR) is 51.1 cm³/mol. The summed E-state index contributed by atoms with van der Waals surface area (Å²) in [6.45, 7) is 1.74. The first kappa shape index (κ1) is 9.59. The van der Waals surface area contributed by atoms with Gasteiger partial charge in [-0.15, -0.1) is 0 Å². The molecule has 1 unspecified atom stereocenters. The molecule has 14 heavy (non-hydrogen) atoms. The Bertz CT molecular complexity index is 334. The van der Waals surface area contributed by atoms with E-state index in [-0.39, 0.29) is 11.7 Å². The van der Waals surface area contributed by atoms with E-state index in [0.29, 0.717) is 5.56 Å². The molecule has 1 aromatic rings. The number of nitrogens with zero attached hydrogens (tertiary/aromatic N) is 1. The summed E-state index contributed by atoms with van der Waals surface area (Å²) in [6, 6.07) is 1.37. The molecule has 76 valence electrons. The Hall–Kier alpha value is -0.960. The van der Waals surface area contributed by atoms with Crippen LogP contribution in [0.4, 0.5) is 4.39 Å². The van der Waals surface area contributed by atoms with Gasteiger partial charge in [0.1, 0.15) is 5.82 Å². The Kier molecular flexibility index (Phi) is 2.27. The van der Waals surface area contributed by atoms with Gasteiger partial charge in [0.25, 0.3) is 0 Å². The van der Waals surface area contributed by atoms with E-state index >= 15 is 0 Å². The van der Waals surface area contributed by atoms with Crippen molar-refractivity contribution in [3.63, 3.8) is 0 Å². The molecule has 2 rings (SSSR count). The second kappa shape index (κ2) is 3.31. The number of aromatic nitrogens is 1. The van der Waals surface area contributed by atoms with Crippen LogP contribution >= 0.6 is 0 Å². The van der Waals surface area contributed by atoms with Gasteiger partial charge in [0, 0.05) is 11.8 Å². The van der Waals surface area contributed by atoms with Crippen molar-refractivity contribution >= 4 is 0 Å². The number of aliphatic hydroxyl groups is 1. The largest absolute Gasteiger partial charge is 0.385 e. The number of pyridine rings is 1. The van der Waals surface area contributed by atoms with Crippen molar-refractivity contribution in [3.05, 3.63) is 29.8 Å². The molecule has 1 aliphatic rings. The highest BCUT2D eigenvalue weighted by molar-refractivity contribution is 5.19. The maximum absolute atomic E-state index is 12.9. The molecule has 1 heterocycles. The van der Waals surface area contributed by atoms with E-state index in [0.717, 1.165) is 25.5 Å². The minimum atomic E-state index is -0.923. The lowest BCUT2D eigenvalue weighted by Gasteiger charge is -2.39. The Labute approximate surface area is 82.8 Å². The molecule has 0 aliphatic heterocycles. The van der Waals surface area contributed by atoms with Gasteiger partial charge in [-0.05, 0) is 31.7 Å². The lowest BCUT2D eigenvalue weighted by molar-refractivity contribution is -0.0403. The first-order chi connectivity index (χ1) is 6.60. The quantitative estimate of drug-likeness (QED) is 0.785. The van der Waals surface area contributed by atoms with Crippen LogP contribution in [0, 0.1) is 11.7 Å². The maximum atomic E-state index is 12.9. The van der Waals surface area contributed by atoms with E-state index in [2.05, 4.69) is 4.98 Å². The van der Waals surface area contributed by atoms with Crippen molar-refractivity contribution in [3.8, 4) is 0 Å². The predicted octanol–water partition coefficient (Wildman–Crippen LogP) is 2.23. The smallest absolute Gasteiger partial charge is 0.141 e. The van der Waals surface area contributed by atoms with Gasteiger partial charge >= 0.3 is 0 Å². The van der Waals surface area contributed by atoms with Crippen LogP contribution in [0.2, 0.25) is 0 Å². The van der Waals surface area contributed by atoms with Crippen LogP contribution in [-0.2, 0) is 5.60 Å². The standard InChI is InChI=1S/C11H14FNO/c1-11(14,8-3-2-4-8)9-5-10(12)7-13-6-9/h5-8,14H,2-4H2,1H3. The minimum absolute atomic E-state index is 0.256. The van der Waals surface area contributed by atoms with E-state index in [1.165, 1.54) is 6.07 Å². The monoisotopic (exact) mass is 195 g/mol. The average molecular weight is 195 g/mol. The first-order valence-electron chi connectivity index (χ1n) is 4.94. The lowest BCUT2D eigenvalue weighted by Crippen LogP contribution is -2.36. The van der Waals surface area contributed by atoms with Crippen LogP contribution in [0.15, 0.2) is 18.5 Å². The van der Waals surface area contributed by atoms with Crippen LogP contribution in [0.5, 0.6) is 0 Å². The van der Waals surface area contributed by atoms with Crippen LogP contribution in [0.3, 0.4) is 0 Å². The second-order valence-corrected chi connectivity index (χ2v) is 4.17. The number of hydrogen-bond acceptors (Lipinski definition) is 2. The van der Waals surface area contributed by atoms with Crippen molar-refractivity contribution in [2.75, 3.05) is 0 Å². The molecule has 0 aromatic carbocycles. The number of rotatable bonds is 2. The first-order valence-corrected chi connectivity index (χ1v) is 4.94. The molecule has 1 N–H and O–H groups in total. The van der Waals surface area contributed by atoms with Crippen LogP contribution in [0.25, 0.3) is 0 Å². The Balaban J connectivity index is 2.28.